The number of benzene rings is 2. The maximum Gasteiger partial charge on any atom is 0.352 e. The lowest BCUT2D eigenvalue weighted by molar-refractivity contribution is 0.0684. The van der Waals surface area contributed by atoms with Gasteiger partial charge in [-0.1, -0.05) is 42.0 Å². The van der Waals surface area contributed by atoms with Gasteiger partial charge < -0.3 is 15.0 Å². The summed E-state index contributed by atoms with van der Waals surface area (Å²) in [6.07, 6.45) is 8.22. The van der Waals surface area contributed by atoms with Gasteiger partial charge in [0.15, 0.2) is 0 Å². The van der Waals surface area contributed by atoms with Crippen LogP contribution in [-0.4, -0.2) is 22.2 Å². The molecule has 2 N–H and O–H groups in total. The van der Waals surface area contributed by atoms with E-state index < -0.39 is 5.97 Å². The molecule has 4 rings (SSSR count). The van der Waals surface area contributed by atoms with Gasteiger partial charge in [-0.25, -0.2) is 9.18 Å². The van der Waals surface area contributed by atoms with Crippen LogP contribution in [0.2, 0.25) is 0 Å². The fourth-order valence-corrected chi connectivity index (χ4v) is 4.51. The molecule has 0 unspecified atom stereocenters. The molecule has 0 saturated carbocycles. The standard InChI is InChI=1S/C26H29FN2O2/c1-18-11-12-21-22(16-28-14-13-19-7-3-2-4-8-19)25(26(30)31)29(24(21)15-18)17-20-9-5-6-10-23(20)27/h5-7,9-12,15,28H,2-4,8,13-14,16-17H2,1H3,(H,30,31). The summed E-state index contributed by atoms with van der Waals surface area (Å²) in [4.78, 5) is 12.3. The fraction of sp³-hybridized carbons (Fsp3) is 0.346. The molecule has 0 spiro atoms. The van der Waals surface area contributed by atoms with Crippen LogP contribution in [0.3, 0.4) is 0 Å². The minimum atomic E-state index is -0.989. The number of carbonyl (C=O) groups is 1. The van der Waals surface area contributed by atoms with Crippen LogP contribution in [0, 0.1) is 12.7 Å². The first-order chi connectivity index (χ1) is 15.0. The lowest BCUT2D eigenvalue weighted by Crippen LogP contribution is -2.19. The van der Waals surface area contributed by atoms with Gasteiger partial charge in [-0.15, -0.1) is 0 Å². The molecule has 2 aromatic carbocycles. The van der Waals surface area contributed by atoms with Crippen LogP contribution in [0.1, 0.15) is 59.3 Å². The first-order valence-electron chi connectivity index (χ1n) is 11.0. The number of aryl methyl sites for hydroxylation is 1. The van der Waals surface area contributed by atoms with Crippen molar-refractivity contribution in [1.82, 2.24) is 9.88 Å². The molecule has 162 valence electrons. The number of allylic oxidation sites excluding steroid dienone is 1. The summed E-state index contributed by atoms with van der Waals surface area (Å²) in [5.41, 5.74) is 4.83. The number of carboxylic acid groups (broad SMARTS) is 1. The third-order valence-electron chi connectivity index (χ3n) is 6.12. The number of halogens is 1. The molecule has 0 amide bonds. The largest absolute Gasteiger partial charge is 0.477 e. The van der Waals surface area contributed by atoms with Crippen molar-refractivity contribution in [2.45, 2.75) is 52.1 Å². The molecule has 0 bridgehead atoms. The smallest absolute Gasteiger partial charge is 0.352 e. The summed E-state index contributed by atoms with van der Waals surface area (Å²) in [5.74, 6) is -1.31. The van der Waals surface area contributed by atoms with Crippen LogP contribution >= 0.6 is 0 Å². The maximum atomic E-state index is 14.3. The topological polar surface area (TPSA) is 54.3 Å². The zero-order chi connectivity index (χ0) is 21.8. The van der Waals surface area contributed by atoms with Crippen molar-refractivity contribution in [2.75, 3.05) is 6.54 Å². The van der Waals surface area contributed by atoms with E-state index >= 15 is 0 Å². The Hall–Kier alpha value is -2.92. The van der Waals surface area contributed by atoms with E-state index in [0.29, 0.717) is 12.1 Å². The quantitative estimate of drug-likeness (QED) is 0.357. The predicted octanol–water partition coefficient (Wildman–Crippen LogP) is 5.82. The van der Waals surface area contributed by atoms with E-state index in [0.717, 1.165) is 35.0 Å². The molecule has 0 aliphatic heterocycles. The Balaban J connectivity index is 1.65. The normalized spacial score (nSPS) is 14.1. The zero-order valence-corrected chi connectivity index (χ0v) is 18.0. The Kier molecular flexibility index (Phi) is 6.52. The number of nitrogens with one attached hydrogen (secondary N) is 1. The van der Waals surface area contributed by atoms with E-state index in [4.69, 9.17) is 0 Å². The molecule has 0 fully saturated rings. The Morgan fingerprint density at radius 1 is 1.19 bits per heavy atom. The molecule has 1 aromatic heterocycles. The Labute approximate surface area is 182 Å². The number of aromatic carboxylic acids is 1. The van der Waals surface area contributed by atoms with Gasteiger partial charge >= 0.3 is 5.97 Å². The highest BCUT2D eigenvalue weighted by molar-refractivity contribution is 5.98. The first kappa shape index (κ1) is 21.3. The zero-order valence-electron chi connectivity index (χ0n) is 18.0. The number of carboxylic acids is 1. The minimum absolute atomic E-state index is 0.182. The van der Waals surface area contributed by atoms with Gasteiger partial charge in [0.25, 0.3) is 0 Å². The monoisotopic (exact) mass is 420 g/mol. The number of hydrogen-bond donors (Lipinski definition) is 2. The maximum absolute atomic E-state index is 14.3. The number of fused-ring (bicyclic) bond motifs is 1. The number of nitrogens with zero attached hydrogens (tertiary/aromatic N) is 1. The van der Waals surface area contributed by atoms with Crippen LogP contribution in [0.5, 0.6) is 0 Å². The van der Waals surface area contributed by atoms with Gasteiger partial charge in [0.1, 0.15) is 11.5 Å². The van der Waals surface area contributed by atoms with Crippen molar-refractivity contribution >= 4 is 16.9 Å². The average molecular weight is 421 g/mol. The molecule has 5 heteroatoms. The molecule has 0 saturated heterocycles. The van der Waals surface area contributed by atoms with E-state index in [1.807, 2.05) is 25.1 Å². The molecular weight excluding hydrogens is 391 g/mol. The lowest BCUT2D eigenvalue weighted by Gasteiger charge is -2.13. The second-order valence-electron chi connectivity index (χ2n) is 8.37. The predicted molar refractivity (Wildman–Crippen MR) is 122 cm³/mol. The Morgan fingerprint density at radius 2 is 2.03 bits per heavy atom. The molecule has 1 heterocycles. The minimum Gasteiger partial charge on any atom is -0.477 e. The molecule has 4 nitrogen and oxygen atoms in total. The number of aromatic nitrogens is 1. The van der Waals surface area contributed by atoms with E-state index in [1.54, 1.807) is 22.8 Å². The molecule has 3 aromatic rings. The Morgan fingerprint density at radius 3 is 2.77 bits per heavy atom. The molecular formula is C26H29FN2O2. The van der Waals surface area contributed by atoms with Crippen LogP contribution < -0.4 is 5.32 Å². The van der Waals surface area contributed by atoms with Gasteiger partial charge in [0.05, 0.1) is 6.54 Å². The van der Waals surface area contributed by atoms with Crippen molar-refractivity contribution in [2.24, 2.45) is 0 Å². The van der Waals surface area contributed by atoms with Crippen molar-refractivity contribution in [3.8, 4) is 0 Å². The van der Waals surface area contributed by atoms with Gasteiger partial charge in [-0.05, 0) is 63.3 Å². The third-order valence-corrected chi connectivity index (χ3v) is 6.12. The van der Waals surface area contributed by atoms with Gasteiger partial charge in [-0.2, -0.15) is 0 Å². The lowest BCUT2D eigenvalue weighted by atomic mass is 9.97. The molecule has 31 heavy (non-hydrogen) atoms. The molecule has 0 atom stereocenters. The average Bonchev–Trinajstić information content (AvgIpc) is 3.06. The van der Waals surface area contributed by atoms with E-state index in [1.165, 1.54) is 37.3 Å². The van der Waals surface area contributed by atoms with Crippen molar-refractivity contribution < 1.29 is 14.3 Å². The molecule has 1 aliphatic carbocycles. The van der Waals surface area contributed by atoms with E-state index in [9.17, 15) is 14.3 Å². The summed E-state index contributed by atoms with van der Waals surface area (Å²) in [6, 6.07) is 12.5. The van der Waals surface area contributed by atoms with Gasteiger partial charge in [0, 0.05) is 28.6 Å². The van der Waals surface area contributed by atoms with Crippen LogP contribution in [-0.2, 0) is 13.1 Å². The highest BCUT2D eigenvalue weighted by Gasteiger charge is 2.23. The molecule has 1 aliphatic rings. The van der Waals surface area contributed by atoms with E-state index in [-0.39, 0.29) is 18.1 Å². The summed E-state index contributed by atoms with van der Waals surface area (Å²) >= 11 is 0. The third kappa shape index (κ3) is 4.72. The van der Waals surface area contributed by atoms with Crippen molar-refractivity contribution in [3.63, 3.8) is 0 Å². The second-order valence-corrected chi connectivity index (χ2v) is 8.37. The van der Waals surface area contributed by atoms with Crippen LogP contribution in [0.4, 0.5) is 4.39 Å². The van der Waals surface area contributed by atoms with Crippen LogP contribution in [0.25, 0.3) is 10.9 Å². The highest BCUT2D eigenvalue weighted by atomic mass is 19.1. The van der Waals surface area contributed by atoms with Crippen molar-refractivity contribution in [3.05, 3.63) is 82.3 Å². The highest BCUT2D eigenvalue weighted by Crippen LogP contribution is 2.29. The number of hydrogen-bond acceptors (Lipinski definition) is 2. The summed E-state index contributed by atoms with van der Waals surface area (Å²) in [6.45, 7) is 3.45. The van der Waals surface area contributed by atoms with Gasteiger partial charge in [-0.3, -0.25) is 0 Å². The molecule has 0 radical (unpaired) electrons. The summed E-state index contributed by atoms with van der Waals surface area (Å²) in [7, 11) is 0. The SMILES string of the molecule is Cc1ccc2c(CNCCC3=CCCCC3)c(C(=O)O)n(Cc3ccccc3F)c2c1. The number of rotatable bonds is 8. The van der Waals surface area contributed by atoms with Gasteiger partial charge in [0.2, 0.25) is 0 Å². The summed E-state index contributed by atoms with van der Waals surface area (Å²) in [5, 5.41) is 14.4. The van der Waals surface area contributed by atoms with Crippen LogP contribution in [0.15, 0.2) is 54.1 Å². The fourth-order valence-electron chi connectivity index (χ4n) is 4.51. The van der Waals surface area contributed by atoms with E-state index in [2.05, 4.69) is 11.4 Å². The second kappa shape index (κ2) is 9.48. The first-order valence-corrected chi connectivity index (χ1v) is 11.0. The summed E-state index contributed by atoms with van der Waals surface area (Å²) < 4.78 is 16.1. The Bertz CT molecular complexity index is 1130. The van der Waals surface area contributed by atoms with Crippen molar-refractivity contribution in [1.29, 1.82) is 0 Å².